The Kier molecular flexibility index (Phi) is 5.34. The quantitative estimate of drug-likeness (QED) is 0.471. The summed E-state index contributed by atoms with van der Waals surface area (Å²) >= 11 is 9.35. The van der Waals surface area contributed by atoms with E-state index in [1.165, 1.54) is 16.0 Å². The molecule has 0 spiro atoms. The van der Waals surface area contributed by atoms with E-state index in [2.05, 4.69) is 41.2 Å². The number of benzene rings is 2. The average Bonchev–Trinajstić information content (AvgIpc) is 2.95. The van der Waals surface area contributed by atoms with Gasteiger partial charge in [-0.15, -0.1) is 23.4 Å². The van der Waals surface area contributed by atoms with Crippen LogP contribution in [0.2, 0.25) is 0 Å². The Morgan fingerprint density at radius 1 is 1.09 bits per heavy atom. The maximum Gasteiger partial charge on any atom is 0.166 e. The van der Waals surface area contributed by atoms with E-state index >= 15 is 0 Å². The van der Waals surface area contributed by atoms with Crippen LogP contribution in [0.25, 0.3) is 11.0 Å². The van der Waals surface area contributed by atoms with Gasteiger partial charge in [-0.05, 0) is 36.2 Å². The van der Waals surface area contributed by atoms with E-state index in [4.69, 9.17) is 11.6 Å². The number of imidazole rings is 1. The molecule has 0 saturated heterocycles. The lowest BCUT2D eigenvalue weighted by molar-refractivity contribution is 1.08. The maximum atomic E-state index is 5.79. The molecule has 2 nitrogen and oxygen atoms in total. The second kappa shape index (κ2) is 7.44. The fourth-order valence-electron chi connectivity index (χ4n) is 2.27. The smallest absolute Gasteiger partial charge is 0.166 e. The van der Waals surface area contributed by atoms with Gasteiger partial charge in [0, 0.05) is 22.3 Å². The van der Waals surface area contributed by atoms with Crippen LogP contribution in [0.15, 0.2) is 52.5 Å². The number of nitrogens with one attached hydrogen (secondary N) is 1. The average molecular weight is 349 g/mol. The summed E-state index contributed by atoms with van der Waals surface area (Å²) in [5, 5.41) is 0.972. The highest BCUT2D eigenvalue weighted by Crippen LogP contribution is 2.29. The summed E-state index contributed by atoms with van der Waals surface area (Å²) in [5.74, 6) is 2.55. The zero-order chi connectivity index (χ0) is 15.4. The van der Waals surface area contributed by atoms with Crippen LogP contribution in [0.5, 0.6) is 0 Å². The topological polar surface area (TPSA) is 28.7 Å². The molecular formula is C17H17ClN2S2. The number of hydrogen-bond acceptors (Lipinski definition) is 3. The van der Waals surface area contributed by atoms with Gasteiger partial charge in [-0.1, -0.05) is 36.0 Å². The Morgan fingerprint density at radius 3 is 2.77 bits per heavy atom. The number of rotatable bonds is 6. The van der Waals surface area contributed by atoms with Gasteiger partial charge in [0.1, 0.15) is 0 Å². The van der Waals surface area contributed by atoms with Gasteiger partial charge in [-0.25, -0.2) is 4.98 Å². The highest BCUT2D eigenvalue weighted by Gasteiger charge is 2.07. The van der Waals surface area contributed by atoms with Crippen molar-refractivity contribution in [1.29, 1.82) is 0 Å². The van der Waals surface area contributed by atoms with Crippen molar-refractivity contribution in [3.05, 3.63) is 53.6 Å². The van der Waals surface area contributed by atoms with Crippen molar-refractivity contribution in [3.63, 3.8) is 0 Å². The molecule has 0 fully saturated rings. The van der Waals surface area contributed by atoms with E-state index < -0.39 is 0 Å². The van der Waals surface area contributed by atoms with Gasteiger partial charge in [-0.2, -0.15) is 0 Å². The van der Waals surface area contributed by atoms with Crippen molar-refractivity contribution in [2.24, 2.45) is 0 Å². The fourth-order valence-corrected chi connectivity index (χ4v) is 4.27. The molecule has 0 amide bonds. The van der Waals surface area contributed by atoms with E-state index in [1.807, 2.05) is 30.0 Å². The van der Waals surface area contributed by atoms with E-state index in [9.17, 15) is 0 Å². The van der Waals surface area contributed by atoms with Crippen LogP contribution in [0, 0.1) is 6.92 Å². The van der Waals surface area contributed by atoms with Crippen LogP contribution in [0.3, 0.4) is 0 Å². The molecule has 2 aromatic carbocycles. The van der Waals surface area contributed by atoms with Gasteiger partial charge < -0.3 is 4.98 Å². The van der Waals surface area contributed by atoms with E-state index in [1.54, 1.807) is 11.8 Å². The molecule has 3 aromatic rings. The van der Waals surface area contributed by atoms with Gasteiger partial charge in [0.05, 0.1) is 11.0 Å². The van der Waals surface area contributed by atoms with Crippen molar-refractivity contribution < 1.29 is 0 Å². The molecule has 0 unspecified atom stereocenters. The first-order valence-corrected chi connectivity index (χ1v) is 9.63. The number of hydrogen-bond donors (Lipinski definition) is 1. The van der Waals surface area contributed by atoms with Crippen LogP contribution in [0.4, 0.5) is 0 Å². The van der Waals surface area contributed by atoms with Crippen LogP contribution >= 0.6 is 35.1 Å². The van der Waals surface area contributed by atoms with Crippen LogP contribution in [-0.2, 0) is 5.75 Å². The molecule has 0 aliphatic carbocycles. The minimum Gasteiger partial charge on any atom is -0.333 e. The van der Waals surface area contributed by atoms with Crippen molar-refractivity contribution in [1.82, 2.24) is 9.97 Å². The third kappa shape index (κ3) is 3.62. The minimum atomic E-state index is 0.683. The van der Waals surface area contributed by atoms with E-state index in [-0.39, 0.29) is 0 Å². The lowest BCUT2D eigenvalue weighted by Gasteiger charge is -2.09. The Labute approximate surface area is 144 Å². The molecule has 1 heterocycles. The second-order valence-electron chi connectivity index (χ2n) is 4.93. The lowest BCUT2D eigenvalue weighted by atomic mass is 10.1. The third-order valence-corrected chi connectivity index (χ3v) is 5.96. The molecule has 22 heavy (non-hydrogen) atoms. The molecule has 0 radical (unpaired) electrons. The molecule has 0 aliphatic rings. The van der Waals surface area contributed by atoms with Crippen LogP contribution < -0.4 is 0 Å². The van der Waals surface area contributed by atoms with Crippen LogP contribution in [0.1, 0.15) is 11.1 Å². The standard InChI is InChI=1S/C17H17ClN2S2/c1-12-13(5-4-8-16(12)21-10-9-18)11-22-17-19-14-6-2-3-7-15(14)20-17/h2-8H,9-11H2,1H3,(H,19,20). The summed E-state index contributed by atoms with van der Waals surface area (Å²) in [7, 11) is 0. The third-order valence-electron chi connectivity index (χ3n) is 3.46. The summed E-state index contributed by atoms with van der Waals surface area (Å²) in [6.07, 6.45) is 0. The fraction of sp³-hybridized carbons (Fsp3) is 0.235. The van der Waals surface area contributed by atoms with Crippen molar-refractivity contribution in [2.45, 2.75) is 22.7 Å². The summed E-state index contributed by atoms with van der Waals surface area (Å²) in [4.78, 5) is 9.30. The number of alkyl halides is 1. The number of halogens is 1. The molecule has 0 aliphatic heterocycles. The Hall–Kier alpha value is -1.10. The first kappa shape index (κ1) is 15.8. The molecule has 3 rings (SSSR count). The number of nitrogens with zero attached hydrogens (tertiary/aromatic N) is 1. The first-order valence-electron chi connectivity index (χ1n) is 7.12. The summed E-state index contributed by atoms with van der Waals surface area (Å²) in [6.45, 7) is 2.19. The van der Waals surface area contributed by atoms with Crippen LogP contribution in [-0.4, -0.2) is 21.6 Å². The lowest BCUT2D eigenvalue weighted by Crippen LogP contribution is -1.91. The van der Waals surface area contributed by atoms with Gasteiger partial charge in [0.2, 0.25) is 0 Å². The number of aromatic amines is 1. The van der Waals surface area contributed by atoms with Gasteiger partial charge in [0.15, 0.2) is 5.16 Å². The SMILES string of the molecule is Cc1c(CSc2nc3ccccc3[nH]2)cccc1SCCCl. The number of fused-ring (bicyclic) bond motifs is 1. The molecule has 114 valence electrons. The monoisotopic (exact) mass is 348 g/mol. The predicted octanol–water partition coefficient (Wildman–Crippen LogP) is 5.49. The van der Waals surface area contributed by atoms with Gasteiger partial charge in [0.25, 0.3) is 0 Å². The zero-order valence-corrected chi connectivity index (χ0v) is 14.7. The minimum absolute atomic E-state index is 0.683. The first-order chi connectivity index (χ1) is 10.8. The molecule has 1 aromatic heterocycles. The Morgan fingerprint density at radius 2 is 1.95 bits per heavy atom. The molecule has 0 saturated carbocycles. The highest BCUT2D eigenvalue weighted by molar-refractivity contribution is 7.99. The van der Waals surface area contributed by atoms with Crippen molar-refractivity contribution in [3.8, 4) is 0 Å². The number of aromatic nitrogens is 2. The number of para-hydroxylation sites is 2. The number of H-pyrrole nitrogens is 1. The maximum absolute atomic E-state index is 5.79. The largest absolute Gasteiger partial charge is 0.333 e. The molecule has 1 N–H and O–H groups in total. The Bertz CT molecular complexity index is 737. The summed E-state index contributed by atoms with van der Waals surface area (Å²) < 4.78 is 0. The summed E-state index contributed by atoms with van der Waals surface area (Å²) in [6, 6.07) is 14.6. The molecular weight excluding hydrogens is 332 g/mol. The van der Waals surface area contributed by atoms with Crippen molar-refractivity contribution >= 4 is 46.2 Å². The van der Waals surface area contributed by atoms with E-state index in [0.29, 0.717) is 5.88 Å². The van der Waals surface area contributed by atoms with Gasteiger partial charge in [-0.3, -0.25) is 0 Å². The van der Waals surface area contributed by atoms with Crippen molar-refractivity contribution in [2.75, 3.05) is 11.6 Å². The zero-order valence-electron chi connectivity index (χ0n) is 12.3. The molecule has 0 atom stereocenters. The van der Waals surface area contributed by atoms with E-state index in [0.717, 1.165) is 27.7 Å². The second-order valence-corrected chi connectivity index (χ2v) is 7.40. The number of thioether (sulfide) groups is 2. The highest BCUT2D eigenvalue weighted by atomic mass is 35.5. The molecule has 5 heteroatoms. The predicted molar refractivity (Wildman–Crippen MR) is 98.3 cm³/mol. The van der Waals surface area contributed by atoms with Gasteiger partial charge >= 0.3 is 0 Å². The summed E-state index contributed by atoms with van der Waals surface area (Å²) in [5.41, 5.74) is 4.81. The molecule has 0 bridgehead atoms. The normalized spacial score (nSPS) is 11.2. The Balaban J connectivity index is 1.73.